The molecular formula is C63H52N4O. The Morgan fingerprint density at radius 1 is 0.544 bits per heavy atom. The molecule has 68 heavy (non-hydrogen) atoms. The molecule has 0 amide bonds. The number of fused-ring (bicyclic) bond motifs is 8. The largest absolute Gasteiger partial charge is 0.458 e. The zero-order chi connectivity index (χ0) is 46.5. The molecule has 3 heterocycles. The van der Waals surface area contributed by atoms with Gasteiger partial charge in [-0.05, 0) is 116 Å². The second-order valence-electron chi connectivity index (χ2n) is 20.3. The highest BCUT2D eigenvalue weighted by Gasteiger charge is 2.29. The highest BCUT2D eigenvalue weighted by Crippen LogP contribution is 2.52. The third kappa shape index (κ3) is 6.83. The molecule has 0 N–H and O–H groups in total. The topological polar surface area (TPSA) is 35.9 Å². The molecule has 0 unspecified atom stereocenters. The minimum Gasteiger partial charge on any atom is -0.458 e. The van der Waals surface area contributed by atoms with E-state index >= 15 is 0 Å². The van der Waals surface area contributed by atoms with Gasteiger partial charge in [0.1, 0.15) is 17.3 Å². The highest BCUT2D eigenvalue weighted by molar-refractivity contribution is 6.19. The van der Waals surface area contributed by atoms with Crippen molar-refractivity contribution in [2.24, 2.45) is 0 Å². The summed E-state index contributed by atoms with van der Waals surface area (Å²) in [6.07, 6.45) is 5.73. The number of para-hydroxylation sites is 2. The van der Waals surface area contributed by atoms with Gasteiger partial charge in [-0.25, -0.2) is 4.98 Å². The predicted molar refractivity (Wildman–Crippen MR) is 280 cm³/mol. The molecule has 0 fully saturated rings. The zero-order valence-corrected chi connectivity index (χ0v) is 39.6. The summed E-state index contributed by atoms with van der Waals surface area (Å²) in [6.45, 7) is 15.7. The molecule has 0 bridgehead atoms. The van der Waals surface area contributed by atoms with Crippen LogP contribution in [-0.4, -0.2) is 14.1 Å². The van der Waals surface area contributed by atoms with Crippen molar-refractivity contribution in [2.75, 3.05) is 0 Å². The number of nitrogens with zero attached hydrogens (tertiary/aromatic N) is 4. The molecule has 0 spiro atoms. The van der Waals surface area contributed by atoms with E-state index in [1.54, 1.807) is 0 Å². The van der Waals surface area contributed by atoms with E-state index < -0.39 is 0 Å². The summed E-state index contributed by atoms with van der Waals surface area (Å²) in [5.41, 5.74) is 18.4. The summed E-state index contributed by atoms with van der Waals surface area (Å²) in [5, 5.41) is 3.61. The third-order valence-electron chi connectivity index (χ3n) is 13.8. The summed E-state index contributed by atoms with van der Waals surface area (Å²) >= 11 is 0. The fraction of sp³-hybridized carbons (Fsp3) is 0.143. The number of aromatic nitrogens is 4. The van der Waals surface area contributed by atoms with Gasteiger partial charge in [0.05, 0.1) is 33.6 Å². The van der Waals surface area contributed by atoms with E-state index in [9.17, 15) is 0 Å². The lowest BCUT2D eigenvalue weighted by Gasteiger charge is -2.20. The lowest BCUT2D eigenvalue weighted by Crippen LogP contribution is -2.29. The summed E-state index contributed by atoms with van der Waals surface area (Å²) in [7, 11) is 0. The number of pyridine rings is 1. The van der Waals surface area contributed by atoms with Gasteiger partial charge in [-0.15, -0.1) is 0 Å². The molecule has 12 rings (SSSR count). The first-order valence-electron chi connectivity index (χ1n) is 23.6. The van der Waals surface area contributed by atoms with Crippen molar-refractivity contribution in [3.8, 4) is 73.3 Å². The Morgan fingerprint density at radius 2 is 1.24 bits per heavy atom. The minimum absolute atomic E-state index is 0.0326. The highest BCUT2D eigenvalue weighted by atomic mass is 16.5. The van der Waals surface area contributed by atoms with Gasteiger partial charge in [0.25, 0.3) is 6.33 Å². The van der Waals surface area contributed by atoms with Crippen LogP contribution in [0.1, 0.15) is 58.2 Å². The van der Waals surface area contributed by atoms with Gasteiger partial charge in [-0.1, -0.05) is 169 Å². The van der Waals surface area contributed by atoms with Gasteiger partial charge in [-0.3, -0.25) is 13.7 Å². The van der Waals surface area contributed by atoms with Crippen LogP contribution in [0.3, 0.4) is 0 Å². The Morgan fingerprint density at radius 3 is 2.01 bits per heavy atom. The molecule has 5 nitrogen and oxygen atoms in total. The molecule has 1 aliphatic rings. The quantitative estimate of drug-likeness (QED) is 0.123. The van der Waals surface area contributed by atoms with Crippen LogP contribution in [0.4, 0.5) is 0 Å². The van der Waals surface area contributed by atoms with E-state index in [2.05, 4.69) is 251 Å². The van der Waals surface area contributed by atoms with E-state index in [4.69, 9.17) is 9.72 Å². The maximum Gasteiger partial charge on any atom is 0.269 e. The number of aryl methyl sites for hydroxylation is 1. The molecule has 0 atom stereocenters. The van der Waals surface area contributed by atoms with Crippen LogP contribution in [0.15, 0.2) is 188 Å². The van der Waals surface area contributed by atoms with Gasteiger partial charge >= 0.3 is 0 Å². The lowest BCUT2D eigenvalue weighted by molar-refractivity contribution is -0.572. The van der Waals surface area contributed by atoms with Crippen LogP contribution >= 0.6 is 0 Å². The number of ether oxygens (including phenoxy) is 1. The second kappa shape index (κ2) is 15.5. The molecule has 11 aromatic rings. The van der Waals surface area contributed by atoms with Crippen LogP contribution in [0.2, 0.25) is 0 Å². The molecule has 8 aromatic carbocycles. The third-order valence-corrected chi connectivity index (χ3v) is 13.8. The number of benzene rings is 8. The van der Waals surface area contributed by atoms with Crippen LogP contribution in [0, 0.1) is 13.3 Å². The number of hydrogen-bond donors (Lipinski definition) is 0. The lowest BCUT2D eigenvalue weighted by atomic mass is 9.85. The minimum atomic E-state index is 0.0326. The smallest absolute Gasteiger partial charge is 0.269 e. The standard InChI is InChI=1S/C63H52N4O/c1-40-34-58(64-38-54(40)42-18-12-19-44(35-42)63(5,6)7)67-57-37-48(32-33-52(57)60-53-25-14-17-41-16-13-24-50(59(41)53)49-22-8-9-23-51(49)61(60)67)68-47-21-15-20-46(36-47)66-39-65(55-26-10-11-27-56(55)66)45-30-28-43(29-31-45)62(2,3)4/h8-38H,1-7H3. The molecule has 0 radical (unpaired) electrons. The maximum absolute atomic E-state index is 6.90. The van der Waals surface area contributed by atoms with E-state index in [0.29, 0.717) is 0 Å². The van der Waals surface area contributed by atoms with Crippen molar-refractivity contribution >= 4 is 32.7 Å². The average Bonchev–Trinajstić information content (AvgIpc) is 3.86. The summed E-state index contributed by atoms with van der Waals surface area (Å²) in [4.78, 5) is 5.35. The van der Waals surface area contributed by atoms with E-state index in [1.165, 1.54) is 49.7 Å². The zero-order valence-electron chi connectivity index (χ0n) is 39.6. The van der Waals surface area contributed by atoms with Crippen molar-refractivity contribution in [1.82, 2.24) is 14.1 Å². The Balaban J connectivity index is 1.01. The first-order valence-corrected chi connectivity index (χ1v) is 23.6. The molecule has 330 valence electrons. The normalized spacial score (nSPS) is 12.3. The Hall–Kier alpha value is -8.02. The molecule has 3 aromatic heterocycles. The van der Waals surface area contributed by atoms with Crippen molar-refractivity contribution < 1.29 is 9.30 Å². The SMILES string of the molecule is Cc1cc(-n2c3c(c4ccc(Oc5cccc(-n6[c-][n+](-c7ccc(C(C)(C)C)cc7)c7ccccc76)c5)cc42)-c2cccc4cccc(c24)-c2ccccc2-3)ncc1-c1cccc(C(C)(C)C)c1. The molecule has 0 saturated carbocycles. The first kappa shape index (κ1) is 41.4. The molecule has 1 aliphatic carbocycles. The van der Waals surface area contributed by atoms with Crippen molar-refractivity contribution in [1.29, 1.82) is 0 Å². The predicted octanol–water partition coefficient (Wildman–Crippen LogP) is 15.9. The molecule has 0 saturated heterocycles. The molecule has 0 aliphatic heterocycles. The summed E-state index contributed by atoms with van der Waals surface area (Å²) < 4.78 is 13.5. The van der Waals surface area contributed by atoms with Crippen molar-refractivity contribution in [3.63, 3.8) is 0 Å². The van der Waals surface area contributed by atoms with Gasteiger partial charge in [0, 0.05) is 34.3 Å². The van der Waals surface area contributed by atoms with E-state index in [0.717, 1.165) is 73.0 Å². The number of imidazole rings is 1. The van der Waals surface area contributed by atoms with Crippen LogP contribution < -0.4 is 9.30 Å². The van der Waals surface area contributed by atoms with Gasteiger partial charge < -0.3 is 4.74 Å². The number of rotatable bonds is 6. The van der Waals surface area contributed by atoms with Gasteiger partial charge in [-0.2, -0.15) is 0 Å². The Labute approximate surface area is 398 Å². The van der Waals surface area contributed by atoms with Crippen LogP contribution in [0.25, 0.3) is 94.5 Å². The van der Waals surface area contributed by atoms with Gasteiger partial charge in [0.2, 0.25) is 0 Å². The first-order chi connectivity index (χ1) is 32.9. The van der Waals surface area contributed by atoms with Gasteiger partial charge in [0.15, 0.2) is 0 Å². The van der Waals surface area contributed by atoms with Crippen molar-refractivity contribution in [2.45, 2.75) is 59.3 Å². The number of hydrogen-bond acceptors (Lipinski definition) is 2. The summed E-state index contributed by atoms with van der Waals surface area (Å²) in [6, 6.07) is 65.5. The van der Waals surface area contributed by atoms with Crippen molar-refractivity contribution in [3.05, 3.63) is 211 Å². The Kier molecular flexibility index (Phi) is 9.46. The average molecular weight is 881 g/mol. The second-order valence-corrected chi connectivity index (χ2v) is 20.3. The molecular weight excluding hydrogens is 829 g/mol. The summed E-state index contributed by atoms with van der Waals surface area (Å²) in [5.74, 6) is 2.32. The van der Waals surface area contributed by atoms with Crippen LogP contribution in [0.5, 0.6) is 11.5 Å². The molecule has 5 heteroatoms. The fourth-order valence-electron chi connectivity index (χ4n) is 10.3. The Bertz CT molecular complexity index is 3790. The van der Waals surface area contributed by atoms with E-state index in [1.807, 2.05) is 6.07 Å². The van der Waals surface area contributed by atoms with E-state index in [-0.39, 0.29) is 10.8 Å². The monoisotopic (exact) mass is 880 g/mol. The maximum atomic E-state index is 6.90. The fourth-order valence-corrected chi connectivity index (χ4v) is 10.3. The van der Waals surface area contributed by atoms with Crippen LogP contribution in [-0.2, 0) is 10.8 Å².